The zero-order valence-electron chi connectivity index (χ0n) is 5.41. The fourth-order valence-corrected chi connectivity index (χ4v) is 0.176. The third-order valence-corrected chi connectivity index (χ3v) is 0.551. The van der Waals surface area contributed by atoms with E-state index >= 15 is 0 Å². The summed E-state index contributed by atoms with van der Waals surface area (Å²) in [5.41, 5.74) is 0. The summed E-state index contributed by atoms with van der Waals surface area (Å²) < 4.78 is 4.33. The van der Waals surface area contributed by atoms with Crippen LogP contribution in [0.3, 0.4) is 0 Å². The van der Waals surface area contributed by atoms with E-state index in [1.54, 1.807) is 12.3 Å². The Hall–Kier alpha value is -0.830. The van der Waals surface area contributed by atoms with E-state index in [-0.39, 0.29) is 6.61 Å². The van der Waals surface area contributed by atoms with Crippen LogP contribution >= 0.6 is 0 Å². The third-order valence-electron chi connectivity index (χ3n) is 0.551. The van der Waals surface area contributed by atoms with Crippen molar-refractivity contribution >= 4 is 0 Å². The van der Waals surface area contributed by atoms with Crippen LogP contribution in [0.2, 0.25) is 0 Å². The Kier molecular flexibility index (Phi) is 6.51. The molecule has 0 amide bonds. The van der Waals surface area contributed by atoms with Crippen molar-refractivity contribution in [1.82, 2.24) is 5.16 Å². The highest BCUT2D eigenvalue weighted by atomic mass is 16.5. The average molecular weight is 128 g/mol. The Balaban J connectivity index is 0.000000148. The molecule has 1 radical (unpaired) electrons. The van der Waals surface area contributed by atoms with Crippen molar-refractivity contribution in [2.75, 3.05) is 6.61 Å². The molecule has 0 aromatic carbocycles. The first-order valence-electron chi connectivity index (χ1n) is 2.84. The second-order valence-electron chi connectivity index (χ2n) is 1.39. The summed E-state index contributed by atoms with van der Waals surface area (Å²) in [5, 5.41) is 12.6. The van der Waals surface area contributed by atoms with E-state index in [0.717, 1.165) is 6.42 Å². The van der Waals surface area contributed by atoms with Gasteiger partial charge < -0.3 is 4.52 Å². The van der Waals surface area contributed by atoms with Gasteiger partial charge in [-0.2, -0.15) is 0 Å². The molecule has 51 valence electrons. The zero-order valence-corrected chi connectivity index (χ0v) is 5.41. The van der Waals surface area contributed by atoms with Crippen molar-refractivity contribution in [3.8, 4) is 0 Å². The highest BCUT2D eigenvalue weighted by molar-refractivity contribution is 4.67. The zero-order chi connectivity index (χ0) is 6.95. The summed E-state index contributed by atoms with van der Waals surface area (Å²) in [7, 11) is 0. The molecule has 0 N–H and O–H groups in total. The molecule has 0 unspecified atom stereocenters. The molecule has 0 saturated heterocycles. The van der Waals surface area contributed by atoms with Gasteiger partial charge in [-0.1, -0.05) is 12.1 Å². The average Bonchev–Trinajstić information content (AvgIpc) is 2.43. The highest BCUT2D eigenvalue weighted by Gasteiger charge is 1.60. The summed E-state index contributed by atoms with van der Waals surface area (Å²) in [5.74, 6) is 0. The second kappa shape index (κ2) is 7.17. The van der Waals surface area contributed by atoms with Crippen molar-refractivity contribution in [1.29, 1.82) is 0 Å². The molecule has 0 aliphatic carbocycles. The van der Waals surface area contributed by atoms with Gasteiger partial charge in [-0.15, -0.1) is 0 Å². The Labute approximate surface area is 54.3 Å². The number of aromatic nitrogens is 1. The molecule has 9 heavy (non-hydrogen) atoms. The summed E-state index contributed by atoms with van der Waals surface area (Å²) in [6, 6.07) is 1.72. The number of hydrogen-bond donors (Lipinski definition) is 0. The van der Waals surface area contributed by atoms with Gasteiger partial charge in [0.1, 0.15) is 6.26 Å². The second-order valence-corrected chi connectivity index (χ2v) is 1.39. The topological polar surface area (TPSA) is 45.9 Å². The third kappa shape index (κ3) is 7.17. The lowest BCUT2D eigenvalue weighted by Crippen LogP contribution is -1.66. The van der Waals surface area contributed by atoms with Crippen molar-refractivity contribution < 1.29 is 9.63 Å². The minimum absolute atomic E-state index is 0.0694. The van der Waals surface area contributed by atoms with Crippen LogP contribution in [0.25, 0.3) is 0 Å². The Morgan fingerprint density at radius 1 is 1.67 bits per heavy atom. The van der Waals surface area contributed by atoms with Gasteiger partial charge in [-0.05, 0) is 12.5 Å². The SMILES string of the molecule is CCC[O].c1cnoc1. The summed E-state index contributed by atoms with van der Waals surface area (Å²) >= 11 is 0. The molecule has 0 aliphatic rings. The van der Waals surface area contributed by atoms with Crippen LogP contribution in [0, 0.1) is 0 Å². The standard InChI is InChI=1S/C3H3NO.C3H7O/c1-2-4-5-3-1;1-2-3-4/h1-3H;2-3H2,1H3. The van der Waals surface area contributed by atoms with Gasteiger partial charge in [0.25, 0.3) is 0 Å². The molecular formula is C6H10NO2. The predicted octanol–water partition coefficient (Wildman–Crippen LogP) is 1.50. The van der Waals surface area contributed by atoms with Crippen LogP contribution in [0.15, 0.2) is 23.0 Å². The van der Waals surface area contributed by atoms with Gasteiger partial charge in [0.05, 0.1) is 12.8 Å². The van der Waals surface area contributed by atoms with E-state index in [0.29, 0.717) is 0 Å². The first-order chi connectivity index (χ1) is 4.41. The minimum Gasteiger partial charge on any atom is -0.365 e. The number of nitrogens with zero attached hydrogens (tertiary/aromatic N) is 1. The first kappa shape index (κ1) is 8.17. The van der Waals surface area contributed by atoms with Gasteiger partial charge >= 0.3 is 0 Å². The largest absolute Gasteiger partial charge is 0.365 e. The smallest absolute Gasteiger partial charge is 0.123 e. The van der Waals surface area contributed by atoms with Crippen molar-refractivity contribution in [2.45, 2.75) is 13.3 Å². The molecular weight excluding hydrogens is 118 g/mol. The van der Waals surface area contributed by atoms with Gasteiger partial charge in [-0.25, -0.2) is 5.11 Å². The van der Waals surface area contributed by atoms with Crippen LogP contribution in [0.4, 0.5) is 0 Å². The summed E-state index contributed by atoms with van der Waals surface area (Å²) in [6.45, 7) is 1.94. The quantitative estimate of drug-likeness (QED) is 0.575. The molecule has 3 heteroatoms. The molecule has 0 spiro atoms. The molecule has 0 bridgehead atoms. The van der Waals surface area contributed by atoms with Gasteiger partial charge in [0.2, 0.25) is 0 Å². The first-order valence-corrected chi connectivity index (χ1v) is 2.84. The monoisotopic (exact) mass is 128 g/mol. The maximum atomic E-state index is 9.30. The highest BCUT2D eigenvalue weighted by Crippen LogP contribution is 1.72. The lowest BCUT2D eigenvalue weighted by Gasteiger charge is -1.64. The molecule has 0 aliphatic heterocycles. The van der Waals surface area contributed by atoms with Crippen molar-refractivity contribution in [2.24, 2.45) is 0 Å². The van der Waals surface area contributed by atoms with Crippen LogP contribution in [0.1, 0.15) is 13.3 Å². The fraction of sp³-hybridized carbons (Fsp3) is 0.500. The predicted molar refractivity (Wildman–Crippen MR) is 32.3 cm³/mol. The van der Waals surface area contributed by atoms with E-state index < -0.39 is 0 Å². The molecule has 0 fully saturated rings. The van der Waals surface area contributed by atoms with Gasteiger partial charge in [0, 0.05) is 0 Å². The molecule has 0 saturated carbocycles. The van der Waals surface area contributed by atoms with E-state index in [4.69, 9.17) is 0 Å². The van der Waals surface area contributed by atoms with Crippen LogP contribution in [0.5, 0.6) is 0 Å². The van der Waals surface area contributed by atoms with E-state index in [1.165, 1.54) is 6.26 Å². The van der Waals surface area contributed by atoms with Crippen molar-refractivity contribution in [3.05, 3.63) is 18.5 Å². The van der Waals surface area contributed by atoms with E-state index in [1.807, 2.05) is 6.92 Å². The normalized spacial score (nSPS) is 7.78. The van der Waals surface area contributed by atoms with Gasteiger partial charge in [-0.3, -0.25) is 0 Å². The van der Waals surface area contributed by atoms with Crippen LogP contribution < -0.4 is 0 Å². The summed E-state index contributed by atoms with van der Waals surface area (Å²) in [6.07, 6.45) is 3.86. The van der Waals surface area contributed by atoms with Crippen molar-refractivity contribution in [3.63, 3.8) is 0 Å². The fourth-order valence-electron chi connectivity index (χ4n) is 0.176. The minimum atomic E-state index is 0.0694. The molecule has 1 rings (SSSR count). The maximum absolute atomic E-state index is 9.30. The lowest BCUT2D eigenvalue weighted by atomic mass is 10.5. The number of hydrogen-bond acceptors (Lipinski definition) is 2. The van der Waals surface area contributed by atoms with Crippen LogP contribution in [-0.4, -0.2) is 11.8 Å². The number of rotatable bonds is 1. The lowest BCUT2D eigenvalue weighted by molar-refractivity contribution is 0.193. The Bertz CT molecular complexity index is 86.6. The molecule has 1 aromatic rings. The maximum Gasteiger partial charge on any atom is 0.123 e. The Morgan fingerprint density at radius 3 is 2.44 bits per heavy atom. The summed E-state index contributed by atoms with van der Waals surface area (Å²) in [4.78, 5) is 0. The van der Waals surface area contributed by atoms with Gasteiger partial charge in [0.15, 0.2) is 0 Å². The van der Waals surface area contributed by atoms with Crippen LogP contribution in [-0.2, 0) is 5.11 Å². The molecule has 1 heterocycles. The Morgan fingerprint density at radius 2 is 2.33 bits per heavy atom. The van der Waals surface area contributed by atoms with E-state index in [2.05, 4.69) is 9.68 Å². The molecule has 0 atom stereocenters. The van der Waals surface area contributed by atoms with E-state index in [9.17, 15) is 5.11 Å². The molecule has 3 nitrogen and oxygen atoms in total. The molecule has 1 aromatic heterocycles.